The molecule has 0 radical (unpaired) electrons. The van der Waals surface area contributed by atoms with Crippen LogP contribution in [0, 0.1) is 5.92 Å². The number of carbonyl (C=O) groups excluding carboxylic acids is 1. The first kappa shape index (κ1) is 11.4. The Morgan fingerprint density at radius 2 is 2.08 bits per heavy atom. The molecule has 2 nitrogen and oxygen atoms in total. The first-order valence-corrected chi connectivity index (χ1v) is 4.37. The van der Waals surface area contributed by atoms with E-state index in [1.54, 1.807) is 6.92 Å². The van der Waals surface area contributed by atoms with E-state index in [0.717, 1.165) is 12.8 Å². The molecule has 0 aromatic rings. The summed E-state index contributed by atoms with van der Waals surface area (Å²) >= 11 is 0. The maximum atomic E-state index is 11.1. The molecule has 70 valence electrons. The van der Waals surface area contributed by atoms with Crippen LogP contribution >= 0.6 is 0 Å². The van der Waals surface area contributed by atoms with Crippen molar-refractivity contribution in [3.63, 3.8) is 0 Å². The smallest absolute Gasteiger partial charge is 0.157 e. The van der Waals surface area contributed by atoms with Gasteiger partial charge >= 0.3 is 0 Å². The summed E-state index contributed by atoms with van der Waals surface area (Å²) in [4.78, 5) is 11.1. The van der Waals surface area contributed by atoms with Crippen LogP contribution in [-0.4, -0.2) is 17.5 Å². The third-order valence-electron chi connectivity index (χ3n) is 1.96. The molecule has 0 amide bonds. The van der Waals surface area contributed by atoms with Gasteiger partial charge in [0.25, 0.3) is 0 Å². The predicted octanol–water partition coefficient (Wildman–Crippen LogP) is 1.93. The van der Waals surface area contributed by atoms with E-state index in [4.69, 9.17) is 5.11 Å². The van der Waals surface area contributed by atoms with Crippen LogP contribution in [0.4, 0.5) is 0 Å². The van der Waals surface area contributed by atoms with Crippen molar-refractivity contribution in [2.24, 2.45) is 5.92 Å². The molecule has 0 aromatic heterocycles. The van der Waals surface area contributed by atoms with Gasteiger partial charge in [-0.2, -0.15) is 0 Å². The van der Waals surface area contributed by atoms with Gasteiger partial charge in [-0.3, -0.25) is 4.79 Å². The lowest BCUT2D eigenvalue weighted by atomic mass is 9.99. The monoisotopic (exact) mass is 170 g/mol. The summed E-state index contributed by atoms with van der Waals surface area (Å²) in [5, 5.41) is 8.61. The van der Waals surface area contributed by atoms with Gasteiger partial charge in [-0.15, -0.1) is 0 Å². The largest absolute Gasteiger partial charge is 0.396 e. The zero-order valence-electron chi connectivity index (χ0n) is 7.97. The second-order valence-electron chi connectivity index (χ2n) is 3.36. The zero-order chi connectivity index (χ0) is 9.56. The molecule has 0 heterocycles. The maximum Gasteiger partial charge on any atom is 0.157 e. The van der Waals surface area contributed by atoms with E-state index in [9.17, 15) is 4.79 Å². The fourth-order valence-electron chi connectivity index (χ4n) is 0.956. The van der Waals surface area contributed by atoms with Gasteiger partial charge in [0.2, 0.25) is 0 Å². The van der Waals surface area contributed by atoms with Crippen LogP contribution in [0.5, 0.6) is 0 Å². The molecule has 0 spiro atoms. The number of Topliss-reactive ketones (excluding diaryl/α,β-unsaturated/α-hetero) is 1. The van der Waals surface area contributed by atoms with Crippen LogP contribution in [0.1, 0.15) is 33.1 Å². The molecule has 1 atom stereocenters. The Bertz CT molecular complexity index is 161. The number of carbonyl (C=O) groups is 1. The average molecular weight is 170 g/mol. The molecule has 0 aliphatic carbocycles. The maximum absolute atomic E-state index is 11.1. The van der Waals surface area contributed by atoms with Crippen molar-refractivity contribution in [2.75, 3.05) is 6.61 Å². The summed E-state index contributed by atoms with van der Waals surface area (Å²) in [5.41, 5.74) is 0.631. The molecule has 0 rings (SSSR count). The second-order valence-corrected chi connectivity index (χ2v) is 3.36. The first-order chi connectivity index (χ1) is 5.57. The van der Waals surface area contributed by atoms with Crippen molar-refractivity contribution in [1.82, 2.24) is 0 Å². The van der Waals surface area contributed by atoms with Crippen molar-refractivity contribution in [3.05, 3.63) is 12.2 Å². The molecule has 0 saturated heterocycles. The summed E-state index contributed by atoms with van der Waals surface area (Å²) < 4.78 is 0. The molecule has 0 bridgehead atoms. The quantitative estimate of drug-likeness (QED) is 0.618. The van der Waals surface area contributed by atoms with Gasteiger partial charge in [-0.1, -0.05) is 13.5 Å². The minimum Gasteiger partial charge on any atom is -0.396 e. The van der Waals surface area contributed by atoms with E-state index >= 15 is 0 Å². The number of ketones is 1. The van der Waals surface area contributed by atoms with Crippen LogP contribution in [0.2, 0.25) is 0 Å². The Labute approximate surface area is 74.3 Å². The fourth-order valence-corrected chi connectivity index (χ4v) is 0.956. The number of aliphatic hydroxyl groups is 1. The number of allylic oxidation sites excluding steroid dienone is 1. The highest BCUT2D eigenvalue weighted by Crippen LogP contribution is 2.11. The number of rotatable bonds is 6. The van der Waals surface area contributed by atoms with Crippen molar-refractivity contribution in [1.29, 1.82) is 0 Å². The third-order valence-corrected chi connectivity index (χ3v) is 1.96. The van der Waals surface area contributed by atoms with Gasteiger partial charge in [0.05, 0.1) is 0 Å². The molecule has 1 unspecified atom stereocenters. The van der Waals surface area contributed by atoms with Gasteiger partial charge in [-0.05, 0) is 31.3 Å². The van der Waals surface area contributed by atoms with Crippen LogP contribution in [0.25, 0.3) is 0 Å². The Kier molecular flexibility index (Phi) is 5.64. The summed E-state index contributed by atoms with van der Waals surface area (Å²) in [7, 11) is 0. The van der Waals surface area contributed by atoms with Crippen LogP contribution in [-0.2, 0) is 4.79 Å². The van der Waals surface area contributed by atoms with Gasteiger partial charge in [0.15, 0.2) is 5.78 Å². The predicted molar refractivity (Wildman–Crippen MR) is 49.9 cm³/mol. The minimum absolute atomic E-state index is 0.139. The lowest BCUT2D eigenvalue weighted by molar-refractivity contribution is -0.115. The van der Waals surface area contributed by atoms with E-state index < -0.39 is 0 Å². The summed E-state index contributed by atoms with van der Waals surface area (Å²) in [6.07, 6.45) is 2.20. The van der Waals surface area contributed by atoms with E-state index in [-0.39, 0.29) is 12.4 Å². The SMILES string of the molecule is C=C(C)C(=O)CCC(C)CCO. The lowest BCUT2D eigenvalue weighted by Gasteiger charge is -2.07. The van der Waals surface area contributed by atoms with Crippen LogP contribution < -0.4 is 0 Å². The van der Waals surface area contributed by atoms with E-state index in [2.05, 4.69) is 6.58 Å². The van der Waals surface area contributed by atoms with Crippen molar-refractivity contribution < 1.29 is 9.90 Å². The highest BCUT2D eigenvalue weighted by atomic mass is 16.3. The number of hydrogen-bond donors (Lipinski definition) is 1. The summed E-state index contributed by atoms with van der Waals surface area (Å²) in [5.74, 6) is 0.568. The molecule has 0 aliphatic heterocycles. The van der Waals surface area contributed by atoms with Crippen LogP contribution in [0.15, 0.2) is 12.2 Å². The normalized spacial score (nSPS) is 12.6. The van der Waals surface area contributed by atoms with Crippen molar-refractivity contribution in [3.8, 4) is 0 Å². The fraction of sp³-hybridized carbons (Fsp3) is 0.700. The minimum atomic E-state index is 0.139. The molecule has 0 aromatic carbocycles. The van der Waals surface area contributed by atoms with Crippen LogP contribution in [0.3, 0.4) is 0 Å². The Morgan fingerprint density at radius 1 is 1.50 bits per heavy atom. The topological polar surface area (TPSA) is 37.3 Å². The third kappa shape index (κ3) is 5.08. The second kappa shape index (κ2) is 5.95. The molecule has 12 heavy (non-hydrogen) atoms. The Hall–Kier alpha value is -0.630. The zero-order valence-corrected chi connectivity index (χ0v) is 7.97. The van der Waals surface area contributed by atoms with Gasteiger partial charge in [-0.25, -0.2) is 0 Å². The van der Waals surface area contributed by atoms with Crippen molar-refractivity contribution >= 4 is 5.78 Å². The first-order valence-electron chi connectivity index (χ1n) is 4.37. The van der Waals surface area contributed by atoms with Crippen molar-refractivity contribution in [2.45, 2.75) is 33.1 Å². The summed E-state index contributed by atoms with van der Waals surface area (Å²) in [6.45, 7) is 7.57. The van der Waals surface area contributed by atoms with Gasteiger partial charge < -0.3 is 5.11 Å². The summed E-state index contributed by atoms with van der Waals surface area (Å²) in [6, 6.07) is 0. The highest BCUT2D eigenvalue weighted by Gasteiger charge is 2.06. The standard InChI is InChI=1S/C10H18O2/c1-8(2)10(12)5-4-9(3)6-7-11/h9,11H,1,4-7H2,2-3H3. The molecule has 0 fully saturated rings. The van der Waals surface area contributed by atoms with E-state index in [1.807, 2.05) is 6.92 Å². The van der Waals surface area contributed by atoms with E-state index in [0.29, 0.717) is 17.9 Å². The Balaban J connectivity index is 3.54. The number of aliphatic hydroxyl groups excluding tert-OH is 1. The molecule has 1 N–H and O–H groups in total. The van der Waals surface area contributed by atoms with E-state index in [1.165, 1.54) is 0 Å². The molecule has 0 aliphatic rings. The molecular weight excluding hydrogens is 152 g/mol. The van der Waals surface area contributed by atoms with Gasteiger partial charge in [0.1, 0.15) is 0 Å². The molecule has 0 saturated carbocycles. The Morgan fingerprint density at radius 3 is 2.50 bits per heavy atom. The lowest BCUT2D eigenvalue weighted by Crippen LogP contribution is -2.04. The molecular formula is C10H18O2. The molecule has 2 heteroatoms. The average Bonchev–Trinajstić information content (AvgIpc) is 2.00. The number of hydrogen-bond acceptors (Lipinski definition) is 2. The highest BCUT2D eigenvalue weighted by molar-refractivity contribution is 5.93. The van der Waals surface area contributed by atoms with Gasteiger partial charge in [0, 0.05) is 13.0 Å².